The molecular weight excluding hydrogens is 590 g/mol. The lowest BCUT2D eigenvalue weighted by Gasteiger charge is -2.19. The van der Waals surface area contributed by atoms with Crippen LogP contribution < -0.4 is 11.3 Å². The number of fused-ring (bicyclic) bond motifs is 2. The molecule has 214 valence electrons. The number of thiol groups is 2. The number of pyridine rings is 1. The molecule has 0 radical (unpaired) electrons. The van der Waals surface area contributed by atoms with Crippen molar-refractivity contribution in [3.63, 3.8) is 0 Å². The highest BCUT2D eigenvalue weighted by molar-refractivity contribution is 7.80. The van der Waals surface area contributed by atoms with Crippen LogP contribution in [0.25, 0.3) is 22.2 Å². The van der Waals surface area contributed by atoms with Gasteiger partial charge in [-0.15, -0.1) is 12.6 Å². The highest BCUT2D eigenvalue weighted by atomic mass is 32.1. The summed E-state index contributed by atoms with van der Waals surface area (Å²) >= 11 is 8.33. The first-order valence-corrected chi connectivity index (χ1v) is 13.7. The lowest BCUT2D eigenvalue weighted by atomic mass is 10.1. The number of aromatic amines is 1. The van der Waals surface area contributed by atoms with E-state index in [0.717, 1.165) is 0 Å². The van der Waals surface area contributed by atoms with Gasteiger partial charge in [0.15, 0.2) is 29.7 Å². The third-order valence-electron chi connectivity index (χ3n) is 6.09. The molecule has 1 saturated heterocycles. The number of anilines is 1. The third kappa shape index (κ3) is 5.99. The molecule has 5 rings (SSSR count). The molecule has 0 amide bonds. The fourth-order valence-electron chi connectivity index (χ4n) is 4.36. The molecule has 0 aromatic carbocycles. The van der Waals surface area contributed by atoms with Crippen molar-refractivity contribution < 1.29 is 32.4 Å². The molecule has 1 unspecified atom stereocenters. The zero-order valence-electron chi connectivity index (χ0n) is 20.6. The summed E-state index contributed by atoms with van der Waals surface area (Å²) < 4.78 is 57.3. The number of nitrogens with zero attached hydrogens (tertiary/aromatic N) is 6. The summed E-state index contributed by atoms with van der Waals surface area (Å²) in [4.78, 5) is 31.4. The van der Waals surface area contributed by atoms with Gasteiger partial charge in [0.05, 0.1) is 37.2 Å². The number of hydrogen-bond donors (Lipinski definition) is 4. The van der Waals surface area contributed by atoms with Gasteiger partial charge >= 0.3 is 8.69 Å². The molecule has 1 aliphatic rings. The Morgan fingerprint density at radius 1 is 1.32 bits per heavy atom. The Bertz CT molecular complexity index is 1540. The minimum absolute atomic E-state index is 0.0765. The molecule has 4 aromatic heterocycles. The Morgan fingerprint density at radius 2 is 2.17 bits per heavy atom. The average molecular weight is 615 g/mol. The van der Waals surface area contributed by atoms with Gasteiger partial charge < -0.3 is 38.8 Å². The fourth-order valence-corrected chi connectivity index (χ4v) is 4.96. The van der Waals surface area contributed by atoms with E-state index in [-0.39, 0.29) is 37.1 Å². The van der Waals surface area contributed by atoms with Crippen molar-refractivity contribution in [3.05, 3.63) is 41.1 Å². The highest BCUT2D eigenvalue weighted by Crippen LogP contribution is 2.37. The summed E-state index contributed by atoms with van der Waals surface area (Å²) in [6.45, 7) is 0.459. The minimum atomic E-state index is -1.74. The number of aromatic nitrogens is 7. The molecule has 0 bridgehead atoms. The Labute approximate surface area is 237 Å². The molecule has 40 heavy (non-hydrogen) atoms. The third-order valence-corrected chi connectivity index (χ3v) is 6.90. The summed E-state index contributed by atoms with van der Waals surface area (Å²) in [5.74, 6) is 0.928. The van der Waals surface area contributed by atoms with Gasteiger partial charge in [-0.3, -0.25) is 9.32 Å². The first-order chi connectivity index (χ1) is 19.4. The van der Waals surface area contributed by atoms with E-state index in [4.69, 9.17) is 29.2 Å². The highest BCUT2D eigenvalue weighted by Gasteiger charge is 2.48. The van der Waals surface area contributed by atoms with E-state index in [1.807, 2.05) is 4.57 Å². The van der Waals surface area contributed by atoms with Crippen LogP contribution in [0.3, 0.4) is 0 Å². The SMILES string of the molecule is Nc1cc2c(ncn2[C@@H]2O[C@H](COC(S)OCCn3c(COCS)nc4cncnc43)[C@@H](F)[C@H]2OP=O)c(=O)[nH]1. The molecule has 0 aliphatic carbocycles. The smallest absolute Gasteiger partial charge is 0.327 e. The molecule has 4 aromatic rings. The second-order valence-corrected chi connectivity index (χ2v) is 9.53. The zero-order chi connectivity index (χ0) is 28.2. The van der Waals surface area contributed by atoms with Crippen LogP contribution in [0.15, 0.2) is 29.7 Å². The molecule has 5 atom stereocenters. The molecule has 3 N–H and O–H groups in total. The number of nitrogens with one attached hydrogen (secondary N) is 1. The molecular formula is C21H24FN8O7PS2. The van der Waals surface area contributed by atoms with Crippen molar-refractivity contribution in [1.29, 1.82) is 0 Å². The molecule has 19 heteroatoms. The van der Waals surface area contributed by atoms with Gasteiger partial charge in [-0.1, -0.05) is 0 Å². The van der Waals surface area contributed by atoms with Crippen LogP contribution in [0.2, 0.25) is 0 Å². The number of ether oxygens (including phenoxy) is 4. The summed E-state index contributed by atoms with van der Waals surface area (Å²) in [6.07, 6.45) is -0.964. The standard InChI is InChI=1S/C21H24FN8O7PS2/c22-15-12(36-20(17(15)37-38-32)30-8-26-16-11(30)3-13(23)28-19(16)31)5-35-21(40)34-2-1-29-14(6-33-9-39)27-10-4-24-7-25-18(10)29/h3-4,7-8,12,15,17,20-21,39-40H,1-2,5-6,9H2,(H3,23,28,31)/t12-,15-,17-,20-,21?/m1/s1. The van der Waals surface area contributed by atoms with Crippen LogP contribution >= 0.6 is 33.9 Å². The first kappa shape index (κ1) is 28.8. The maximum atomic E-state index is 15.3. The van der Waals surface area contributed by atoms with Gasteiger partial charge in [0.1, 0.15) is 36.2 Å². The molecule has 5 heterocycles. The summed E-state index contributed by atoms with van der Waals surface area (Å²) in [6, 6.07) is 1.46. The number of H-pyrrole nitrogens is 1. The van der Waals surface area contributed by atoms with E-state index in [2.05, 4.69) is 50.2 Å². The van der Waals surface area contributed by atoms with Gasteiger partial charge in [-0.05, 0) is 0 Å². The van der Waals surface area contributed by atoms with Crippen LogP contribution in [0.4, 0.5) is 10.2 Å². The van der Waals surface area contributed by atoms with Crippen molar-refractivity contribution in [2.24, 2.45) is 0 Å². The molecule has 1 aliphatic heterocycles. The predicted molar refractivity (Wildman–Crippen MR) is 145 cm³/mol. The summed E-state index contributed by atoms with van der Waals surface area (Å²) in [5, 5.41) is 0. The zero-order valence-corrected chi connectivity index (χ0v) is 23.3. The van der Waals surface area contributed by atoms with Gasteiger partial charge in [0.2, 0.25) is 5.62 Å². The Kier molecular flexibility index (Phi) is 9.27. The van der Waals surface area contributed by atoms with Crippen molar-refractivity contribution in [2.75, 3.05) is 24.9 Å². The largest absolute Gasteiger partial charge is 0.385 e. The number of hydrogen-bond acceptors (Lipinski definition) is 14. The van der Waals surface area contributed by atoms with Gasteiger partial charge in [0, 0.05) is 12.6 Å². The second-order valence-electron chi connectivity index (χ2n) is 8.49. The van der Waals surface area contributed by atoms with E-state index >= 15 is 4.39 Å². The van der Waals surface area contributed by atoms with Crippen LogP contribution in [0, 0.1) is 0 Å². The normalized spacial score (nSPS) is 22.1. The summed E-state index contributed by atoms with van der Waals surface area (Å²) in [5.41, 5.74) is 5.79. The van der Waals surface area contributed by atoms with Crippen molar-refractivity contribution in [1.82, 2.24) is 34.1 Å². The maximum Gasteiger partial charge on any atom is 0.327 e. The molecule has 0 saturated carbocycles. The number of halogens is 1. The van der Waals surface area contributed by atoms with E-state index in [1.54, 1.807) is 6.20 Å². The summed E-state index contributed by atoms with van der Waals surface area (Å²) in [7, 11) is -0.749. The first-order valence-electron chi connectivity index (χ1n) is 11.8. The minimum Gasteiger partial charge on any atom is -0.385 e. The maximum absolute atomic E-state index is 15.3. The number of nitrogens with two attached hydrogens (primary N) is 1. The number of imidazole rings is 2. The predicted octanol–water partition coefficient (Wildman–Crippen LogP) is 1.62. The molecule has 15 nitrogen and oxygen atoms in total. The van der Waals surface area contributed by atoms with Crippen LogP contribution in [0.1, 0.15) is 12.1 Å². The average Bonchev–Trinajstić information content (AvgIpc) is 3.60. The van der Waals surface area contributed by atoms with Crippen LogP contribution in [0.5, 0.6) is 0 Å². The van der Waals surface area contributed by atoms with Gasteiger partial charge in [-0.25, -0.2) is 28.9 Å². The second kappa shape index (κ2) is 12.9. The molecule has 1 fully saturated rings. The Balaban J connectivity index is 1.21. The van der Waals surface area contributed by atoms with E-state index < -0.39 is 44.5 Å². The lowest BCUT2D eigenvalue weighted by molar-refractivity contribution is -0.124. The van der Waals surface area contributed by atoms with E-state index in [1.165, 1.54) is 23.3 Å². The lowest BCUT2D eigenvalue weighted by Crippen LogP contribution is -2.32. The van der Waals surface area contributed by atoms with Crippen molar-refractivity contribution in [2.45, 2.75) is 43.4 Å². The number of rotatable bonds is 13. The quantitative estimate of drug-likeness (QED) is 0.0971. The van der Waals surface area contributed by atoms with E-state index in [0.29, 0.717) is 29.0 Å². The Hall–Kier alpha value is -2.70. The number of alkyl halides is 1. The monoisotopic (exact) mass is 614 g/mol. The number of nitrogen functional groups attached to an aromatic ring is 1. The topological polar surface area (TPSA) is 184 Å². The van der Waals surface area contributed by atoms with Gasteiger partial charge in [0.25, 0.3) is 5.56 Å². The van der Waals surface area contributed by atoms with Crippen molar-refractivity contribution >= 4 is 62.0 Å². The Morgan fingerprint density at radius 3 is 2.98 bits per heavy atom. The van der Waals surface area contributed by atoms with Crippen molar-refractivity contribution in [3.8, 4) is 0 Å². The molecule has 0 spiro atoms. The van der Waals surface area contributed by atoms with E-state index in [9.17, 15) is 9.36 Å². The van der Waals surface area contributed by atoms with Gasteiger partial charge in [-0.2, -0.15) is 12.6 Å². The van der Waals surface area contributed by atoms with Crippen LogP contribution in [-0.2, 0) is 41.2 Å². The fraction of sp³-hybridized carbons (Fsp3) is 0.476. The van der Waals surface area contributed by atoms with Crippen LogP contribution in [-0.4, -0.2) is 77.2 Å².